The van der Waals surface area contributed by atoms with E-state index in [2.05, 4.69) is 24.1 Å². The van der Waals surface area contributed by atoms with E-state index in [1.165, 1.54) is 0 Å². The Balaban J connectivity index is 2.58. The Labute approximate surface area is 109 Å². The first kappa shape index (κ1) is 14.6. The molecular weight excluding hydrogens is 226 g/mol. The number of aromatic nitrogens is 1. The average Bonchev–Trinajstić information content (AvgIpc) is 2.36. The first-order chi connectivity index (χ1) is 8.54. The summed E-state index contributed by atoms with van der Waals surface area (Å²) in [6.07, 6.45) is 4.31. The van der Waals surface area contributed by atoms with Crippen molar-refractivity contribution >= 4 is 5.91 Å². The lowest BCUT2D eigenvalue weighted by Crippen LogP contribution is -2.37. The standard InChI is InChI=1S/C14H23N3O/c1-10(2)7-13(8-15)14(18)17-11(3)12-5-4-6-16-9-12/h4-6,9-11,13H,7-8,15H2,1-3H3,(H,17,18)/t11-,13?/m1/s1. The molecule has 0 bridgehead atoms. The SMILES string of the molecule is CC(C)CC(CN)C(=O)N[C@H](C)c1cccnc1. The van der Waals surface area contributed by atoms with E-state index < -0.39 is 0 Å². The number of carbonyl (C=O) groups excluding carboxylic acids is 1. The van der Waals surface area contributed by atoms with Crippen LogP contribution in [0.1, 0.15) is 38.8 Å². The van der Waals surface area contributed by atoms with Gasteiger partial charge in [0.25, 0.3) is 0 Å². The van der Waals surface area contributed by atoms with Gasteiger partial charge in [-0.25, -0.2) is 0 Å². The van der Waals surface area contributed by atoms with Crippen LogP contribution < -0.4 is 11.1 Å². The van der Waals surface area contributed by atoms with Gasteiger partial charge in [-0.05, 0) is 30.9 Å². The third-order valence-corrected chi connectivity index (χ3v) is 2.95. The molecule has 1 unspecified atom stereocenters. The lowest BCUT2D eigenvalue weighted by molar-refractivity contribution is -0.125. The zero-order chi connectivity index (χ0) is 13.5. The molecule has 1 aromatic heterocycles. The first-order valence-corrected chi connectivity index (χ1v) is 6.45. The van der Waals surface area contributed by atoms with Crippen LogP contribution in [0.25, 0.3) is 0 Å². The van der Waals surface area contributed by atoms with Gasteiger partial charge < -0.3 is 11.1 Å². The predicted octanol–water partition coefficient (Wildman–Crippen LogP) is 1.88. The highest BCUT2D eigenvalue weighted by Crippen LogP contribution is 2.14. The smallest absolute Gasteiger partial charge is 0.224 e. The summed E-state index contributed by atoms with van der Waals surface area (Å²) in [4.78, 5) is 16.1. The number of amides is 1. The lowest BCUT2D eigenvalue weighted by Gasteiger charge is -2.20. The maximum Gasteiger partial charge on any atom is 0.224 e. The van der Waals surface area contributed by atoms with Crippen LogP contribution in [0.5, 0.6) is 0 Å². The van der Waals surface area contributed by atoms with E-state index in [-0.39, 0.29) is 17.9 Å². The molecule has 0 aromatic carbocycles. The molecule has 0 fully saturated rings. The van der Waals surface area contributed by atoms with Gasteiger partial charge in [-0.2, -0.15) is 0 Å². The van der Waals surface area contributed by atoms with E-state index in [9.17, 15) is 4.79 Å². The van der Waals surface area contributed by atoms with E-state index in [0.29, 0.717) is 12.5 Å². The highest BCUT2D eigenvalue weighted by Gasteiger charge is 2.20. The van der Waals surface area contributed by atoms with Crippen molar-refractivity contribution in [3.8, 4) is 0 Å². The summed E-state index contributed by atoms with van der Waals surface area (Å²) >= 11 is 0. The molecule has 0 aliphatic carbocycles. The number of pyridine rings is 1. The fraction of sp³-hybridized carbons (Fsp3) is 0.571. The maximum atomic E-state index is 12.1. The summed E-state index contributed by atoms with van der Waals surface area (Å²) in [5, 5.41) is 2.99. The molecule has 0 saturated carbocycles. The topological polar surface area (TPSA) is 68.0 Å². The van der Waals surface area contributed by atoms with Gasteiger partial charge in [0.05, 0.1) is 12.0 Å². The van der Waals surface area contributed by atoms with Gasteiger partial charge in [0.1, 0.15) is 0 Å². The van der Waals surface area contributed by atoms with Crippen LogP contribution in [0, 0.1) is 11.8 Å². The molecule has 18 heavy (non-hydrogen) atoms. The molecule has 0 saturated heterocycles. The van der Waals surface area contributed by atoms with E-state index >= 15 is 0 Å². The second-order valence-electron chi connectivity index (χ2n) is 5.08. The quantitative estimate of drug-likeness (QED) is 0.809. The molecule has 0 aliphatic rings. The Morgan fingerprint density at radius 2 is 2.17 bits per heavy atom. The molecule has 1 rings (SSSR count). The van der Waals surface area contributed by atoms with Gasteiger partial charge >= 0.3 is 0 Å². The first-order valence-electron chi connectivity index (χ1n) is 6.45. The summed E-state index contributed by atoms with van der Waals surface area (Å²) < 4.78 is 0. The van der Waals surface area contributed by atoms with Gasteiger partial charge in [0.2, 0.25) is 5.91 Å². The number of nitrogens with two attached hydrogens (primary N) is 1. The maximum absolute atomic E-state index is 12.1. The second kappa shape index (κ2) is 7.11. The normalized spacial score (nSPS) is 14.3. The van der Waals surface area contributed by atoms with Gasteiger partial charge in [0.15, 0.2) is 0 Å². The summed E-state index contributed by atoms with van der Waals surface area (Å²) in [7, 11) is 0. The minimum atomic E-state index is -0.107. The Morgan fingerprint density at radius 1 is 1.44 bits per heavy atom. The Hall–Kier alpha value is -1.42. The number of hydrogen-bond acceptors (Lipinski definition) is 3. The molecule has 0 aliphatic heterocycles. The van der Waals surface area contributed by atoms with Gasteiger partial charge in [-0.1, -0.05) is 19.9 Å². The minimum absolute atomic E-state index is 0.0301. The second-order valence-corrected chi connectivity index (χ2v) is 5.08. The molecule has 4 heteroatoms. The highest BCUT2D eigenvalue weighted by molar-refractivity contribution is 5.79. The largest absolute Gasteiger partial charge is 0.349 e. The van der Waals surface area contributed by atoms with Crippen LogP contribution in [-0.4, -0.2) is 17.4 Å². The van der Waals surface area contributed by atoms with Crippen molar-refractivity contribution in [3.63, 3.8) is 0 Å². The number of rotatable bonds is 6. The number of nitrogens with zero attached hydrogens (tertiary/aromatic N) is 1. The molecular formula is C14H23N3O. The van der Waals surface area contributed by atoms with Crippen molar-refractivity contribution in [2.24, 2.45) is 17.6 Å². The van der Waals surface area contributed by atoms with Crippen molar-refractivity contribution in [1.29, 1.82) is 0 Å². The van der Waals surface area contributed by atoms with Gasteiger partial charge in [-0.15, -0.1) is 0 Å². The third kappa shape index (κ3) is 4.45. The number of hydrogen-bond donors (Lipinski definition) is 2. The molecule has 0 radical (unpaired) electrons. The molecule has 1 aromatic rings. The van der Waals surface area contributed by atoms with Crippen LogP contribution in [0.4, 0.5) is 0 Å². The van der Waals surface area contributed by atoms with E-state index in [1.54, 1.807) is 12.4 Å². The van der Waals surface area contributed by atoms with Crippen LogP contribution in [0.2, 0.25) is 0 Å². The molecule has 100 valence electrons. The zero-order valence-electron chi connectivity index (χ0n) is 11.4. The summed E-state index contributed by atoms with van der Waals surface area (Å²) in [5.41, 5.74) is 6.67. The monoisotopic (exact) mass is 249 g/mol. The molecule has 0 spiro atoms. The number of carbonyl (C=O) groups is 1. The Morgan fingerprint density at radius 3 is 2.67 bits per heavy atom. The fourth-order valence-electron chi connectivity index (χ4n) is 1.93. The van der Waals surface area contributed by atoms with Crippen LogP contribution in [-0.2, 0) is 4.79 Å². The van der Waals surface area contributed by atoms with Crippen LogP contribution in [0.15, 0.2) is 24.5 Å². The molecule has 4 nitrogen and oxygen atoms in total. The van der Waals surface area contributed by atoms with Crippen LogP contribution in [0.3, 0.4) is 0 Å². The van der Waals surface area contributed by atoms with E-state index in [0.717, 1.165) is 12.0 Å². The van der Waals surface area contributed by atoms with Crippen LogP contribution >= 0.6 is 0 Å². The summed E-state index contributed by atoms with van der Waals surface area (Å²) in [6.45, 7) is 6.54. The van der Waals surface area contributed by atoms with Gasteiger partial charge in [0, 0.05) is 18.9 Å². The Bertz CT molecular complexity index is 365. The fourth-order valence-corrected chi connectivity index (χ4v) is 1.93. The summed E-state index contributed by atoms with van der Waals surface area (Å²) in [6, 6.07) is 3.79. The highest BCUT2D eigenvalue weighted by atomic mass is 16.1. The van der Waals surface area contributed by atoms with E-state index in [1.807, 2.05) is 19.1 Å². The average molecular weight is 249 g/mol. The predicted molar refractivity (Wildman–Crippen MR) is 72.8 cm³/mol. The molecule has 3 N–H and O–H groups in total. The van der Waals surface area contributed by atoms with Crippen molar-refractivity contribution in [2.45, 2.75) is 33.2 Å². The zero-order valence-corrected chi connectivity index (χ0v) is 11.4. The van der Waals surface area contributed by atoms with Crippen molar-refractivity contribution in [2.75, 3.05) is 6.54 Å². The molecule has 1 heterocycles. The number of nitrogens with one attached hydrogen (secondary N) is 1. The molecule has 2 atom stereocenters. The minimum Gasteiger partial charge on any atom is -0.349 e. The Kier molecular flexibility index (Phi) is 5.78. The van der Waals surface area contributed by atoms with Crippen molar-refractivity contribution in [1.82, 2.24) is 10.3 Å². The molecule has 1 amide bonds. The van der Waals surface area contributed by atoms with Gasteiger partial charge in [-0.3, -0.25) is 9.78 Å². The van der Waals surface area contributed by atoms with Crippen molar-refractivity contribution < 1.29 is 4.79 Å². The summed E-state index contributed by atoms with van der Waals surface area (Å²) in [5.74, 6) is 0.393. The third-order valence-electron chi connectivity index (χ3n) is 2.95. The van der Waals surface area contributed by atoms with E-state index in [4.69, 9.17) is 5.73 Å². The van der Waals surface area contributed by atoms with Crippen molar-refractivity contribution in [3.05, 3.63) is 30.1 Å². The lowest BCUT2D eigenvalue weighted by atomic mass is 9.96.